The molecule has 1 aliphatic rings. The average molecular weight is 237 g/mol. The van der Waals surface area contributed by atoms with Crippen LogP contribution in [0.5, 0.6) is 0 Å². The van der Waals surface area contributed by atoms with Gasteiger partial charge in [0.2, 0.25) is 5.91 Å². The molecule has 0 radical (unpaired) electrons. The van der Waals surface area contributed by atoms with Crippen LogP contribution in [0.1, 0.15) is 6.42 Å². The molecule has 0 saturated carbocycles. The number of aliphatic hydroxyl groups excluding tert-OH is 2. The van der Waals surface area contributed by atoms with Crippen molar-refractivity contribution >= 4 is 15.7 Å². The number of carbonyl (C=O) groups is 1. The van der Waals surface area contributed by atoms with E-state index in [2.05, 4.69) is 5.32 Å². The molecule has 0 aromatic heterocycles. The summed E-state index contributed by atoms with van der Waals surface area (Å²) in [6, 6.07) is -0.708. The van der Waals surface area contributed by atoms with Gasteiger partial charge in [-0.3, -0.25) is 4.79 Å². The van der Waals surface area contributed by atoms with E-state index in [9.17, 15) is 13.2 Å². The molecule has 1 amide bonds. The maximum absolute atomic E-state index is 11.5. The van der Waals surface area contributed by atoms with Gasteiger partial charge in [0, 0.05) is 0 Å². The first-order valence-electron chi connectivity index (χ1n) is 4.71. The van der Waals surface area contributed by atoms with Gasteiger partial charge in [-0.1, -0.05) is 0 Å². The number of carbonyl (C=O) groups excluding carboxylic acids is 1. The number of aliphatic hydroxyl groups is 2. The quantitative estimate of drug-likeness (QED) is 0.519. The highest BCUT2D eigenvalue weighted by Crippen LogP contribution is 2.18. The summed E-state index contributed by atoms with van der Waals surface area (Å²) in [5, 5.41) is 19.8. The maximum Gasteiger partial charge on any atom is 0.224 e. The zero-order chi connectivity index (χ0) is 11.5. The summed E-state index contributed by atoms with van der Waals surface area (Å²) in [5.41, 5.74) is 0. The molecule has 7 heteroatoms. The van der Waals surface area contributed by atoms with E-state index in [1.165, 1.54) is 0 Å². The predicted octanol–water partition coefficient (Wildman–Crippen LogP) is -2.11. The van der Waals surface area contributed by atoms with Crippen LogP contribution in [0.4, 0.5) is 0 Å². The van der Waals surface area contributed by atoms with Crippen LogP contribution in [0, 0.1) is 5.92 Å². The Labute approximate surface area is 88.2 Å². The summed E-state index contributed by atoms with van der Waals surface area (Å²) < 4.78 is 22.2. The Morgan fingerprint density at radius 2 is 2.00 bits per heavy atom. The van der Waals surface area contributed by atoms with Crippen LogP contribution in [0.15, 0.2) is 0 Å². The van der Waals surface area contributed by atoms with Crippen molar-refractivity contribution in [2.45, 2.75) is 12.5 Å². The van der Waals surface area contributed by atoms with E-state index in [1.807, 2.05) is 0 Å². The van der Waals surface area contributed by atoms with Crippen LogP contribution in [-0.4, -0.2) is 55.3 Å². The predicted molar refractivity (Wildman–Crippen MR) is 52.9 cm³/mol. The van der Waals surface area contributed by atoms with Gasteiger partial charge in [0.25, 0.3) is 0 Å². The van der Waals surface area contributed by atoms with Crippen LogP contribution in [-0.2, 0) is 14.6 Å². The molecule has 1 saturated heterocycles. The SMILES string of the molecule is O=C(NC(CO)CO)C1CCS(=O)(=O)C1. The molecule has 0 spiro atoms. The third-order valence-electron chi connectivity index (χ3n) is 2.39. The largest absolute Gasteiger partial charge is 0.394 e. The fourth-order valence-corrected chi connectivity index (χ4v) is 3.21. The second-order valence-corrected chi connectivity index (χ2v) is 5.90. The Morgan fingerprint density at radius 3 is 2.40 bits per heavy atom. The van der Waals surface area contributed by atoms with Crippen molar-refractivity contribution in [2.75, 3.05) is 24.7 Å². The summed E-state index contributed by atoms with van der Waals surface area (Å²) >= 11 is 0. The van der Waals surface area contributed by atoms with Crippen molar-refractivity contribution in [1.82, 2.24) is 5.32 Å². The topological polar surface area (TPSA) is 104 Å². The van der Waals surface area contributed by atoms with Crippen molar-refractivity contribution in [1.29, 1.82) is 0 Å². The smallest absolute Gasteiger partial charge is 0.224 e. The van der Waals surface area contributed by atoms with Crippen molar-refractivity contribution in [3.05, 3.63) is 0 Å². The average Bonchev–Trinajstić information content (AvgIpc) is 2.55. The van der Waals surface area contributed by atoms with E-state index in [1.54, 1.807) is 0 Å². The Morgan fingerprint density at radius 1 is 1.40 bits per heavy atom. The molecular formula is C8H15NO5S. The molecule has 15 heavy (non-hydrogen) atoms. The number of nitrogens with one attached hydrogen (secondary N) is 1. The molecule has 0 aliphatic carbocycles. The molecule has 1 atom stereocenters. The van der Waals surface area contributed by atoms with E-state index < -0.39 is 27.7 Å². The van der Waals surface area contributed by atoms with Crippen molar-refractivity contribution < 1.29 is 23.4 Å². The normalized spacial score (nSPS) is 24.3. The van der Waals surface area contributed by atoms with E-state index in [0.29, 0.717) is 6.42 Å². The highest BCUT2D eigenvalue weighted by Gasteiger charge is 2.33. The van der Waals surface area contributed by atoms with E-state index >= 15 is 0 Å². The maximum atomic E-state index is 11.5. The fourth-order valence-electron chi connectivity index (χ4n) is 1.47. The number of hydrogen-bond acceptors (Lipinski definition) is 5. The van der Waals surface area contributed by atoms with E-state index in [-0.39, 0.29) is 24.7 Å². The first kappa shape index (κ1) is 12.4. The minimum atomic E-state index is -3.08. The number of amides is 1. The zero-order valence-electron chi connectivity index (χ0n) is 8.22. The van der Waals surface area contributed by atoms with Gasteiger partial charge in [-0.2, -0.15) is 0 Å². The number of hydrogen-bond donors (Lipinski definition) is 3. The Balaban J connectivity index is 2.49. The zero-order valence-corrected chi connectivity index (χ0v) is 9.03. The molecule has 0 aromatic carbocycles. The number of sulfone groups is 1. The first-order chi connectivity index (χ1) is 6.98. The van der Waals surface area contributed by atoms with Gasteiger partial charge in [-0.25, -0.2) is 8.42 Å². The third kappa shape index (κ3) is 3.44. The number of rotatable bonds is 4. The second kappa shape index (κ2) is 4.91. The minimum Gasteiger partial charge on any atom is -0.394 e. The highest BCUT2D eigenvalue weighted by molar-refractivity contribution is 7.91. The molecule has 0 aromatic rings. The van der Waals surface area contributed by atoms with Crippen molar-refractivity contribution in [3.63, 3.8) is 0 Å². The fraction of sp³-hybridized carbons (Fsp3) is 0.875. The third-order valence-corrected chi connectivity index (χ3v) is 4.16. The van der Waals surface area contributed by atoms with Crippen LogP contribution in [0.2, 0.25) is 0 Å². The van der Waals surface area contributed by atoms with Crippen molar-refractivity contribution in [3.8, 4) is 0 Å². The Hall–Kier alpha value is -0.660. The minimum absolute atomic E-state index is 0.0357. The molecular weight excluding hydrogens is 222 g/mol. The monoisotopic (exact) mass is 237 g/mol. The summed E-state index contributed by atoms with van der Waals surface area (Å²) in [5.74, 6) is -1.06. The van der Waals surface area contributed by atoms with Crippen LogP contribution >= 0.6 is 0 Å². The molecule has 0 bridgehead atoms. The lowest BCUT2D eigenvalue weighted by molar-refractivity contribution is -0.125. The summed E-state index contributed by atoms with van der Waals surface area (Å²) in [7, 11) is -3.08. The molecule has 6 nitrogen and oxygen atoms in total. The summed E-state index contributed by atoms with van der Waals surface area (Å²) in [4.78, 5) is 11.5. The van der Waals surface area contributed by atoms with E-state index in [4.69, 9.17) is 10.2 Å². The van der Waals surface area contributed by atoms with Gasteiger partial charge in [0.05, 0.1) is 36.7 Å². The molecule has 1 rings (SSSR count). The van der Waals surface area contributed by atoms with Gasteiger partial charge >= 0.3 is 0 Å². The van der Waals surface area contributed by atoms with Gasteiger partial charge in [0.1, 0.15) is 0 Å². The molecule has 1 heterocycles. The van der Waals surface area contributed by atoms with Crippen LogP contribution in [0.25, 0.3) is 0 Å². The van der Waals surface area contributed by atoms with Crippen molar-refractivity contribution in [2.24, 2.45) is 5.92 Å². The van der Waals surface area contributed by atoms with Gasteiger partial charge in [-0.05, 0) is 6.42 Å². The standard InChI is InChI=1S/C8H15NO5S/c10-3-7(4-11)9-8(12)6-1-2-15(13,14)5-6/h6-7,10-11H,1-5H2,(H,9,12). The summed E-state index contributed by atoms with van der Waals surface area (Å²) in [6.07, 6.45) is 0.317. The van der Waals surface area contributed by atoms with Crippen LogP contribution < -0.4 is 5.32 Å². The first-order valence-corrected chi connectivity index (χ1v) is 6.53. The van der Waals surface area contributed by atoms with E-state index in [0.717, 1.165) is 0 Å². The second-order valence-electron chi connectivity index (χ2n) is 3.67. The Bertz CT molecular complexity index is 322. The van der Waals surface area contributed by atoms with Gasteiger partial charge in [-0.15, -0.1) is 0 Å². The van der Waals surface area contributed by atoms with Gasteiger partial charge < -0.3 is 15.5 Å². The van der Waals surface area contributed by atoms with Crippen LogP contribution in [0.3, 0.4) is 0 Å². The molecule has 1 fully saturated rings. The highest BCUT2D eigenvalue weighted by atomic mass is 32.2. The Kier molecular flexibility index (Phi) is 4.06. The molecule has 1 unspecified atom stereocenters. The summed E-state index contributed by atoms with van der Waals surface area (Å²) in [6.45, 7) is -0.719. The van der Waals surface area contributed by atoms with Gasteiger partial charge in [0.15, 0.2) is 9.84 Å². The molecule has 3 N–H and O–H groups in total. The molecule has 1 aliphatic heterocycles. The lowest BCUT2D eigenvalue weighted by Crippen LogP contribution is -2.43. The lowest BCUT2D eigenvalue weighted by atomic mass is 10.1. The lowest BCUT2D eigenvalue weighted by Gasteiger charge is -2.15. The molecule has 88 valence electrons.